The van der Waals surface area contributed by atoms with Gasteiger partial charge in [0.05, 0.1) is 11.6 Å². The molecule has 31 heavy (non-hydrogen) atoms. The second kappa shape index (κ2) is 9.25. The Bertz CT molecular complexity index is 1140. The van der Waals surface area contributed by atoms with Crippen LogP contribution in [-0.2, 0) is 26.2 Å². The molecule has 0 radical (unpaired) electrons. The molecular formula is C22H23N3O4S2. The van der Waals surface area contributed by atoms with Crippen LogP contribution in [0.5, 0.6) is 0 Å². The number of esters is 1. The second-order valence-corrected chi connectivity index (χ2v) is 10.3. The van der Waals surface area contributed by atoms with Gasteiger partial charge >= 0.3 is 5.97 Å². The van der Waals surface area contributed by atoms with E-state index in [-0.39, 0.29) is 36.5 Å². The summed E-state index contributed by atoms with van der Waals surface area (Å²) in [5.41, 5.74) is 2.94. The van der Waals surface area contributed by atoms with E-state index in [0.717, 1.165) is 10.6 Å². The Balaban J connectivity index is 1.29. The molecule has 162 valence electrons. The molecule has 1 saturated heterocycles. The average Bonchev–Trinajstić information content (AvgIpc) is 3.28. The number of pyridine rings is 1. The average molecular weight is 458 g/mol. The van der Waals surface area contributed by atoms with Gasteiger partial charge in [-0.15, -0.1) is 11.3 Å². The summed E-state index contributed by atoms with van der Waals surface area (Å²) >= 11 is 1.52. The third-order valence-corrected chi connectivity index (χ3v) is 8.09. The van der Waals surface area contributed by atoms with Crippen molar-refractivity contribution in [1.29, 1.82) is 0 Å². The summed E-state index contributed by atoms with van der Waals surface area (Å²) in [6.45, 7) is 2.72. The molecule has 2 aromatic heterocycles. The molecule has 1 fully saturated rings. The van der Waals surface area contributed by atoms with E-state index in [1.165, 1.54) is 39.7 Å². The first-order chi connectivity index (χ1) is 14.9. The number of aromatic nitrogens is 2. The highest BCUT2D eigenvalue weighted by Crippen LogP contribution is 2.26. The van der Waals surface area contributed by atoms with Crippen LogP contribution in [0.1, 0.15) is 24.1 Å². The van der Waals surface area contributed by atoms with Gasteiger partial charge in [-0.3, -0.25) is 9.78 Å². The third kappa shape index (κ3) is 5.00. The molecule has 1 aliphatic heterocycles. The van der Waals surface area contributed by atoms with E-state index in [0.29, 0.717) is 18.5 Å². The smallest absolute Gasteiger partial charge is 0.309 e. The summed E-state index contributed by atoms with van der Waals surface area (Å²) in [5.74, 6) is -0.612. The van der Waals surface area contributed by atoms with E-state index in [9.17, 15) is 13.2 Å². The lowest BCUT2D eigenvalue weighted by Gasteiger charge is -2.29. The van der Waals surface area contributed by atoms with Crippen LogP contribution >= 0.6 is 11.3 Å². The van der Waals surface area contributed by atoms with Crippen LogP contribution in [0.2, 0.25) is 0 Å². The normalized spacial score (nSPS) is 15.6. The predicted molar refractivity (Wildman–Crippen MR) is 118 cm³/mol. The molecule has 1 aliphatic rings. The topological polar surface area (TPSA) is 89.5 Å². The number of piperidine rings is 1. The lowest BCUT2D eigenvalue weighted by atomic mass is 9.98. The minimum Gasteiger partial charge on any atom is -0.459 e. The van der Waals surface area contributed by atoms with Gasteiger partial charge in [0.25, 0.3) is 0 Å². The second-order valence-electron chi connectivity index (χ2n) is 7.48. The molecule has 9 heteroatoms. The Morgan fingerprint density at radius 3 is 2.61 bits per heavy atom. The number of ether oxygens (including phenoxy) is 1. The molecule has 0 atom stereocenters. The SMILES string of the molecule is Cc1ccc(-c2nc(COC(=O)C3CCN(S(=O)(=O)c4cccnc4)CC3)cs2)cc1. The van der Waals surface area contributed by atoms with Crippen LogP contribution < -0.4 is 0 Å². The summed E-state index contributed by atoms with van der Waals surface area (Å²) in [6, 6.07) is 11.3. The number of aryl methyl sites for hydroxylation is 1. The van der Waals surface area contributed by atoms with Gasteiger partial charge in [0.1, 0.15) is 16.5 Å². The van der Waals surface area contributed by atoms with E-state index in [1.807, 2.05) is 36.6 Å². The minimum absolute atomic E-state index is 0.120. The molecule has 0 aliphatic carbocycles. The predicted octanol–water partition coefficient (Wildman–Crippen LogP) is 3.66. The summed E-state index contributed by atoms with van der Waals surface area (Å²) < 4.78 is 32.2. The first-order valence-corrected chi connectivity index (χ1v) is 12.3. The maximum Gasteiger partial charge on any atom is 0.309 e. The number of hydrogen-bond acceptors (Lipinski definition) is 7. The molecule has 0 bridgehead atoms. The van der Waals surface area contributed by atoms with Gasteiger partial charge in [-0.05, 0) is 31.9 Å². The zero-order valence-corrected chi connectivity index (χ0v) is 18.7. The number of sulfonamides is 1. The summed E-state index contributed by atoms with van der Waals surface area (Å²) in [6.07, 6.45) is 3.75. The monoisotopic (exact) mass is 457 g/mol. The van der Waals surface area contributed by atoms with Gasteiger partial charge in [0.2, 0.25) is 10.0 Å². The van der Waals surface area contributed by atoms with Crippen molar-refractivity contribution in [2.75, 3.05) is 13.1 Å². The fraction of sp³-hybridized carbons (Fsp3) is 0.318. The Morgan fingerprint density at radius 1 is 1.19 bits per heavy atom. The van der Waals surface area contributed by atoms with Crippen molar-refractivity contribution in [1.82, 2.24) is 14.3 Å². The highest BCUT2D eigenvalue weighted by molar-refractivity contribution is 7.89. The van der Waals surface area contributed by atoms with Crippen molar-refractivity contribution in [3.8, 4) is 10.6 Å². The highest BCUT2D eigenvalue weighted by Gasteiger charge is 2.33. The molecule has 0 N–H and O–H groups in total. The molecule has 1 aromatic carbocycles. The number of carbonyl (C=O) groups is 1. The number of rotatable bonds is 6. The van der Waals surface area contributed by atoms with Crippen LogP contribution in [0.4, 0.5) is 0 Å². The van der Waals surface area contributed by atoms with Crippen molar-refractivity contribution in [3.63, 3.8) is 0 Å². The highest BCUT2D eigenvalue weighted by atomic mass is 32.2. The summed E-state index contributed by atoms with van der Waals surface area (Å²) in [5, 5.41) is 2.78. The van der Waals surface area contributed by atoms with E-state index in [2.05, 4.69) is 9.97 Å². The zero-order valence-electron chi connectivity index (χ0n) is 17.1. The minimum atomic E-state index is -3.58. The molecule has 0 unspecified atom stereocenters. The van der Waals surface area contributed by atoms with E-state index >= 15 is 0 Å². The zero-order chi connectivity index (χ0) is 21.8. The fourth-order valence-electron chi connectivity index (χ4n) is 3.45. The lowest BCUT2D eigenvalue weighted by molar-refractivity contribution is -0.151. The van der Waals surface area contributed by atoms with Crippen LogP contribution in [0.25, 0.3) is 10.6 Å². The van der Waals surface area contributed by atoms with Crippen LogP contribution in [0, 0.1) is 12.8 Å². The van der Waals surface area contributed by atoms with Gasteiger partial charge in [-0.2, -0.15) is 4.31 Å². The van der Waals surface area contributed by atoms with Crippen LogP contribution in [0.3, 0.4) is 0 Å². The van der Waals surface area contributed by atoms with Crippen LogP contribution in [0.15, 0.2) is 59.1 Å². The molecule has 7 nitrogen and oxygen atoms in total. The first-order valence-electron chi connectivity index (χ1n) is 10.0. The van der Waals surface area contributed by atoms with Crippen molar-refractivity contribution in [3.05, 3.63) is 65.4 Å². The van der Waals surface area contributed by atoms with Crippen molar-refractivity contribution in [2.45, 2.75) is 31.3 Å². The molecule has 4 rings (SSSR count). The number of hydrogen-bond donors (Lipinski definition) is 0. The van der Waals surface area contributed by atoms with Gasteiger partial charge in [-0.25, -0.2) is 13.4 Å². The molecular weight excluding hydrogens is 434 g/mol. The van der Waals surface area contributed by atoms with Crippen molar-refractivity contribution in [2.24, 2.45) is 5.92 Å². The van der Waals surface area contributed by atoms with Crippen molar-refractivity contribution >= 4 is 27.3 Å². The summed E-state index contributed by atoms with van der Waals surface area (Å²) in [4.78, 5) is 21.1. The lowest BCUT2D eigenvalue weighted by Crippen LogP contribution is -2.40. The van der Waals surface area contributed by atoms with Gasteiger partial charge in [0.15, 0.2) is 0 Å². The first kappa shape index (κ1) is 21.6. The third-order valence-electron chi connectivity index (χ3n) is 5.27. The number of thiazole rings is 1. The summed E-state index contributed by atoms with van der Waals surface area (Å²) in [7, 11) is -3.58. The van der Waals surface area contributed by atoms with E-state index < -0.39 is 10.0 Å². The molecule has 3 aromatic rings. The molecule has 0 amide bonds. The molecule has 0 saturated carbocycles. The standard InChI is InChI=1S/C22H23N3O4S2/c1-16-4-6-17(7-5-16)21-24-19(15-30-21)14-29-22(26)18-8-11-25(12-9-18)31(27,28)20-3-2-10-23-13-20/h2-7,10,13,15,18H,8-9,11-12,14H2,1H3. The number of nitrogens with zero attached hydrogens (tertiary/aromatic N) is 3. The van der Waals surface area contributed by atoms with Crippen LogP contribution in [-0.4, -0.2) is 41.7 Å². The maximum atomic E-state index is 12.7. The molecule has 3 heterocycles. The number of carbonyl (C=O) groups excluding carboxylic acids is 1. The number of benzene rings is 1. The van der Waals surface area contributed by atoms with E-state index in [4.69, 9.17) is 4.74 Å². The molecule has 0 spiro atoms. The van der Waals surface area contributed by atoms with Gasteiger partial charge in [0, 0.05) is 36.4 Å². The van der Waals surface area contributed by atoms with Crippen molar-refractivity contribution < 1.29 is 17.9 Å². The van der Waals surface area contributed by atoms with Gasteiger partial charge < -0.3 is 4.74 Å². The quantitative estimate of drug-likeness (QED) is 0.525. The maximum absolute atomic E-state index is 12.7. The Labute approximate surface area is 185 Å². The fourth-order valence-corrected chi connectivity index (χ4v) is 5.69. The largest absolute Gasteiger partial charge is 0.459 e. The Hall–Kier alpha value is -2.62. The Morgan fingerprint density at radius 2 is 1.94 bits per heavy atom. The Kier molecular flexibility index (Phi) is 6.45. The van der Waals surface area contributed by atoms with E-state index in [1.54, 1.807) is 6.07 Å². The van der Waals surface area contributed by atoms with Gasteiger partial charge in [-0.1, -0.05) is 29.8 Å².